The molecule has 1 saturated heterocycles. The van der Waals surface area contributed by atoms with Crippen molar-refractivity contribution in [1.82, 2.24) is 4.90 Å². The third-order valence-corrected chi connectivity index (χ3v) is 3.93. The highest BCUT2D eigenvalue weighted by molar-refractivity contribution is 4.77. The maximum absolute atomic E-state index is 10.1. The number of likely N-dealkylation sites (tertiary alicyclic amines) is 1. The van der Waals surface area contributed by atoms with E-state index in [1.807, 2.05) is 0 Å². The Morgan fingerprint density at radius 2 is 1.83 bits per heavy atom. The van der Waals surface area contributed by atoms with E-state index in [0.29, 0.717) is 6.61 Å². The predicted molar refractivity (Wildman–Crippen MR) is 75.7 cm³/mol. The Kier molecular flexibility index (Phi) is 6.09. The zero-order valence-corrected chi connectivity index (χ0v) is 12.8. The minimum atomic E-state index is -0.367. The number of aliphatic hydroxyl groups excluding tert-OH is 1. The third-order valence-electron chi connectivity index (χ3n) is 3.93. The molecule has 1 fully saturated rings. The van der Waals surface area contributed by atoms with Crippen molar-refractivity contribution in [2.45, 2.75) is 59.2 Å². The molecule has 3 atom stereocenters. The van der Waals surface area contributed by atoms with Gasteiger partial charge in [-0.15, -0.1) is 0 Å². The van der Waals surface area contributed by atoms with Crippen LogP contribution < -0.4 is 0 Å². The second-order valence-electron chi connectivity index (χ2n) is 6.74. The molecule has 0 aromatic heterocycles. The van der Waals surface area contributed by atoms with Crippen molar-refractivity contribution in [3.05, 3.63) is 0 Å². The van der Waals surface area contributed by atoms with Crippen LogP contribution >= 0.6 is 0 Å². The van der Waals surface area contributed by atoms with Gasteiger partial charge in [0.1, 0.15) is 0 Å². The number of hydrogen-bond donors (Lipinski definition) is 1. The molecule has 3 nitrogen and oxygen atoms in total. The van der Waals surface area contributed by atoms with E-state index < -0.39 is 0 Å². The summed E-state index contributed by atoms with van der Waals surface area (Å²) in [6.07, 6.45) is 1.91. The first-order chi connectivity index (χ1) is 8.32. The number of piperidine rings is 1. The lowest BCUT2D eigenvalue weighted by molar-refractivity contribution is -0.0701. The minimum Gasteiger partial charge on any atom is -0.389 e. The van der Waals surface area contributed by atoms with Gasteiger partial charge >= 0.3 is 0 Å². The summed E-state index contributed by atoms with van der Waals surface area (Å²) in [5.74, 6) is 1.49. The average molecular weight is 257 g/mol. The summed E-state index contributed by atoms with van der Waals surface area (Å²) in [6, 6.07) is 0. The van der Waals surface area contributed by atoms with Gasteiger partial charge in [0, 0.05) is 19.6 Å². The van der Waals surface area contributed by atoms with Gasteiger partial charge in [-0.05, 0) is 38.5 Å². The van der Waals surface area contributed by atoms with Crippen LogP contribution in [0.4, 0.5) is 0 Å². The van der Waals surface area contributed by atoms with Crippen LogP contribution in [0, 0.1) is 11.8 Å². The zero-order valence-electron chi connectivity index (χ0n) is 12.8. The highest BCUT2D eigenvalue weighted by atomic mass is 16.5. The van der Waals surface area contributed by atoms with Gasteiger partial charge in [-0.3, -0.25) is 0 Å². The molecule has 0 unspecified atom stereocenters. The Labute approximate surface area is 113 Å². The molecular formula is C15H31NO2. The van der Waals surface area contributed by atoms with Gasteiger partial charge in [-0.1, -0.05) is 20.8 Å². The van der Waals surface area contributed by atoms with Crippen molar-refractivity contribution in [3.63, 3.8) is 0 Å². The van der Waals surface area contributed by atoms with E-state index in [0.717, 1.165) is 37.9 Å². The van der Waals surface area contributed by atoms with Crippen LogP contribution in [0.5, 0.6) is 0 Å². The molecule has 0 bridgehead atoms. The summed E-state index contributed by atoms with van der Waals surface area (Å²) >= 11 is 0. The van der Waals surface area contributed by atoms with Crippen LogP contribution in [0.2, 0.25) is 0 Å². The van der Waals surface area contributed by atoms with E-state index in [4.69, 9.17) is 4.74 Å². The summed E-state index contributed by atoms with van der Waals surface area (Å²) in [7, 11) is 0. The Morgan fingerprint density at radius 3 is 2.33 bits per heavy atom. The van der Waals surface area contributed by atoms with Crippen molar-refractivity contribution in [2.24, 2.45) is 11.8 Å². The van der Waals surface area contributed by atoms with Crippen LogP contribution in [-0.2, 0) is 4.74 Å². The summed E-state index contributed by atoms with van der Waals surface area (Å²) in [5, 5.41) is 10.1. The maximum Gasteiger partial charge on any atom is 0.0900 e. The second kappa shape index (κ2) is 6.88. The number of aliphatic hydroxyl groups is 1. The normalized spacial score (nSPS) is 28.3. The first kappa shape index (κ1) is 15.9. The highest BCUT2D eigenvalue weighted by Gasteiger charge is 2.24. The number of β-amino-alcohol motifs (C(OH)–C–C–N with tert-alkyl or cyclic N) is 1. The molecule has 1 N–H and O–H groups in total. The highest BCUT2D eigenvalue weighted by Crippen LogP contribution is 2.21. The van der Waals surface area contributed by atoms with E-state index in [-0.39, 0.29) is 11.7 Å². The predicted octanol–water partition coefficient (Wildman–Crippen LogP) is 2.53. The fraction of sp³-hybridized carbons (Fsp3) is 1.00. The van der Waals surface area contributed by atoms with Crippen molar-refractivity contribution in [3.8, 4) is 0 Å². The van der Waals surface area contributed by atoms with Gasteiger partial charge in [0.15, 0.2) is 0 Å². The summed E-state index contributed by atoms with van der Waals surface area (Å²) in [4.78, 5) is 2.38. The Morgan fingerprint density at radius 1 is 1.28 bits per heavy atom. The van der Waals surface area contributed by atoms with E-state index in [2.05, 4.69) is 39.5 Å². The molecule has 3 heteroatoms. The lowest BCUT2D eigenvalue weighted by Gasteiger charge is -2.36. The molecule has 0 aromatic carbocycles. The van der Waals surface area contributed by atoms with Gasteiger partial charge in [0.25, 0.3) is 0 Å². The van der Waals surface area contributed by atoms with Crippen LogP contribution in [0.1, 0.15) is 47.5 Å². The van der Waals surface area contributed by atoms with Crippen molar-refractivity contribution >= 4 is 0 Å². The molecule has 0 aliphatic carbocycles. The van der Waals surface area contributed by atoms with Gasteiger partial charge in [-0.2, -0.15) is 0 Å². The number of ether oxygens (including phenoxy) is 1. The Bertz CT molecular complexity index is 233. The first-order valence-electron chi connectivity index (χ1n) is 7.36. The van der Waals surface area contributed by atoms with Crippen molar-refractivity contribution < 1.29 is 9.84 Å². The molecule has 0 radical (unpaired) electrons. The molecule has 0 spiro atoms. The summed E-state index contributed by atoms with van der Waals surface area (Å²) < 4.78 is 5.76. The van der Waals surface area contributed by atoms with E-state index in [9.17, 15) is 5.11 Å². The smallest absolute Gasteiger partial charge is 0.0900 e. The SMILES string of the molecule is CCC(C)(C)OC[C@@H](O)CN1C[C@H](C)C[C@H](C)C1. The lowest BCUT2D eigenvalue weighted by Crippen LogP contribution is -2.44. The standard InChI is InChI=1S/C15H31NO2/c1-6-15(4,5)18-11-14(17)10-16-8-12(2)7-13(3)9-16/h12-14,17H,6-11H2,1-5H3/t12-,13+,14-/m0/s1. The molecular weight excluding hydrogens is 226 g/mol. The third kappa shape index (κ3) is 5.68. The quantitative estimate of drug-likeness (QED) is 0.793. The van der Waals surface area contributed by atoms with Crippen molar-refractivity contribution in [1.29, 1.82) is 0 Å². The lowest BCUT2D eigenvalue weighted by atomic mass is 9.92. The van der Waals surface area contributed by atoms with Crippen LogP contribution in [0.3, 0.4) is 0 Å². The van der Waals surface area contributed by atoms with E-state index in [1.165, 1.54) is 6.42 Å². The summed E-state index contributed by atoms with van der Waals surface area (Å²) in [5.41, 5.74) is -0.122. The minimum absolute atomic E-state index is 0.122. The number of hydrogen-bond acceptors (Lipinski definition) is 3. The maximum atomic E-state index is 10.1. The molecule has 1 rings (SSSR count). The monoisotopic (exact) mass is 257 g/mol. The molecule has 108 valence electrons. The van der Waals surface area contributed by atoms with Gasteiger partial charge in [-0.25, -0.2) is 0 Å². The number of rotatable bonds is 6. The van der Waals surface area contributed by atoms with E-state index >= 15 is 0 Å². The van der Waals surface area contributed by atoms with Crippen LogP contribution in [-0.4, -0.2) is 48.0 Å². The Balaban J connectivity index is 2.29. The van der Waals surface area contributed by atoms with Crippen LogP contribution in [0.25, 0.3) is 0 Å². The zero-order chi connectivity index (χ0) is 13.8. The van der Waals surface area contributed by atoms with Gasteiger partial charge in [0.05, 0.1) is 18.3 Å². The molecule has 18 heavy (non-hydrogen) atoms. The molecule has 1 aliphatic heterocycles. The molecule has 0 aromatic rings. The fourth-order valence-electron chi connectivity index (χ4n) is 2.72. The van der Waals surface area contributed by atoms with E-state index in [1.54, 1.807) is 0 Å². The fourth-order valence-corrected chi connectivity index (χ4v) is 2.72. The Hall–Kier alpha value is -0.120. The largest absolute Gasteiger partial charge is 0.389 e. The van der Waals surface area contributed by atoms with Gasteiger partial charge in [0.2, 0.25) is 0 Å². The summed E-state index contributed by atoms with van der Waals surface area (Å²) in [6.45, 7) is 14.3. The number of nitrogens with zero attached hydrogens (tertiary/aromatic N) is 1. The molecule has 1 aliphatic rings. The van der Waals surface area contributed by atoms with Crippen LogP contribution in [0.15, 0.2) is 0 Å². The molecule has 0 saturated carbocycles. The first-order valence-corrected chi connectivity index (χ1v) is 7.36. The van der Waals surface area contributed by atoms with Gasteiger partial charge < -0.3 is 14.7 Å². The molecule has 1 heterocycles. The average Bonchev–Trinajstić information content (AvgIpc) is 2.25. The van der Waals surface area contributed by atoms with Crippen molar-refractivity contribution in [2.75, 3.05) is 26.2 Å². The topological polar surface area (TPSA) is 32.7 Å². The second-order valence-corrected chi connectivity index (χ2v) is 6.74. The molecule has 0 amide bonds.